The number of esters is 1. The maximum Gasteiger partial charge on any atom is 0.334 e. The number of ether oxygens (including phenoxy) is 1. The van der Waals surface area contributed by atoms with E-state index < -0.39 is 35.8 Å². The van der Waals surface area contributed by atoms with Gasteiger partial charge < -0.3 is 20.1 Å². The van der Waals surface area contributed by atoms with E-state index in [1.165, 1.54) is 5.57 Å². The SMILES string of the molecule is C=C1C(=O)O[C@H]2[C@H](O)[C@@H](C)CCC/C(C)=C/CC[C@@](C)(O)[C@@H](O)C[C@@H]12. The third-order valence-electron chi connectivity index (χ3n) is 5.84. The van der Waals surface area contributed by atoms with E-state index in [1.807, 2.05) is 6.92 Å². The van der Waals surface area contributed by atoms with E-state index in [-0.39, 0.29) is 17.9 Å². The molecule has 0 saturated carbocycles. The molecule has 6 atom stereocenters. The molecule has 0 aromatic heterocycles. The van der Waals surface area contributed by atoms with Crippen LogP contribution in [0.3, 0.4) is 0 Å². The van der Waals surface area contributed by atoms with E-state index in [0.717, 1.165) is 19.3 Å². The topological polar surface area (TPSA) is 87.0 Å². The molecule has 1 fully saturated rings. The second-order valence-electron chi connectivity index (χ2n) is 8.06. The van der Waals surface area contributed by atoms with Crippen molar-refractivity contribution < 1.29 is 24.9 Å². The van der Waals surface area contributed by atoms with Gasteiger partial charge in [-0.15, -0.1) is 0 Å². The van der Waals surface area contributed by atoms with Crippen LogP contribution in [0.4, 0.5) is 0 Å². The summed E-state index contributed by atoms with van der Waals surface area (Å²) in [5.74, 6) is -1.03. The van der Waals surface area contributed by atoms with Crippen LogP contribution in [-0.4, -0.2) is 45.2 Å². The molecule has 5 nitrogen and oxygen atoms in total. The number of allylic oxidation sites excluding steroid dienone is 2. The molecule has 142 valence electrons. The number of fused-ring (bicyclic) bond motifs is 1. The van der Waals surface area contributed by atoms with Crippen molar-refractivity contribution in [3.05, 3.63) is 23.8 Å². The standard InChI is InChI=1S/C20H32O5/c1-12-7-5-9-13(2)17(22)18-15(14(3)19(23)25-18)11-16(21)20(4,24)10-6-8-12/h8,13,15-18,21-22,24H,3,5-7,9-11H2,1-2,4H3/b12-8+/t13-,15-,16-,17+,18+,20+/m0/s1. The molecule has 0 spiro atoms. The lowest BCUT2D eigenvalue weighted by molar-refractivity contribution is -0.147. The summed E-state index contributed by atoms with van der Waals surface area (Å²) in [6, 6.07) is 0. The minimum absolute atomic E-state index is 0.0282. The number of hydrogen-bond acceptors (Lipinski definition) is 5. The highest BCUT2D eigenvalue weighted by molar-refractivity contribution is 5.90. The normalized spacial score (nSPS) is 43.6. The van der Waals surface area contributed by atoms with E-state index in [0.29, 0.717) is 12.8 Å². The Morgan fingerprint density at radius 3 is 2.72 bits per heavy atom. The molecule has 1 aliphatic carbocycles. The quantitative estimate of drug-likeness (QED) is 0.354. The highest BCUT2D eigenvalue weighted by Gasteiger charge is 2.46. The van der Waals surface area contributed by atoms with Gasteiger partial charge in [-0.05, 0) is 58.3 Å². The van der Waals surface area contributed by atoms with Crippen molar-refractivity contribution in [2.45, 2.75) is 83.2 Å². The third kappa shape index (κ3) is 4.72. The van der Waals surface area contributed by atoms with Crippen molar-refractivity contribution in [1.82, 2.24) is 0 Å². The summed E-state index contributed by atoms with van der Waals surface area (Å²) in [6.07, 6.45) is 3.56. The zero-order chi connectivity index (χ0) is 18.8. The fourth-order valence-electron chi connectivity index (χ4n) is 3.79. The Morgan fingerprint density at radius 1 is 1.36 bits per heavy atom. The number of aliphatic hydroxyl groups excluding tert-OH is 2. The van der Waals surface area contributed by atoms with E-state index in [4.69, 9.17) is 4.74 Å². The predicted octanol–water partition coefficient (Wildman–Crippen LogP) is 2.49. The lowest BCUT2D eigenvalue weighted by atomic mass is 9.79. The Bertz CT molecular complexity index is 536. The molecule has 5 heteroatoms. The van der Waals surface area contributed by atoms with Crippen molar-refractivity contribution >= 4 is 5.97 Å². The van der Waals surface area contributed by atoms with Crippen LogP contribution < -0.4 is 0 Å². The second kappa shape index (κ2) is 8.02. The number of carbonyl (C=O) groups excluding carboxylic acids is 1. The van der Waals surface area contributed by atoms with E-state index in [9.17, 15) is 20.1 Å². The van der Waals surface area contributed by atoms with Crippen molar-refractivity contribution in [2.75, 3.05) is 0 Å². The monoisotopic (exact) mass is 352 g/mol. The van der Waals surface area contributed by atoms with Crippen LogP contribution >= 0.6 is 0 Å². The van der Waals surface area contributed by atoms with Crippen LogP contribution in [0.25, 0.3) is 0 Å². The van der Waals surface area contributed by atoms with Gasteiger partial charge in [0.05, 0.1) is 17.8 Å². The van der Waals surface area contributed by atoms with Gasteiger partial charge in [-0.3, -0.25) is 0 Å². The van der Waals surface area contributed by atoms with Gasteiger partial charge in [-0.1, -0.05) is 25.2 Å². The van der Waals surface area contributed by atoms with Crippen molar-refractivity contribution in [3.8, 4) is 0 Å². The summed E-state index contributed by atoms with van der Waals surface area (Å²) >= 11 is 0. The summed E-state index contributed by atoms with van der Waals surface area (Å²) < 4.78 is 5.37. The van der Waals surface area contributed by atoms with Crippen LogP contribution in [0, 0.1) is 11.8 Å². The number of carbonyl (C=O) groups is 1. The first-order valence-electron chi connectivity index (χ1n) is 9.27. The smallest absolute Gasteiger partial charge is 0.334 e. The molecule has 0 bridgehead atoms. The predicted molar refractivity (Wildman–Crippen MR) is 95.8 cm³/mol. The van der Waals surface area contributed by atoms with Gasteiger partial charge >= 0.3 is 5.97 Å². The lowest BCUT2D eigenvalue weighted by Crippen LogP contribution is -2.44. The van der Waals surface area contributed by atoms with Gasteiger partial charge in [-0.2, -0.15) is 0 Å². The van der Waals surface area contributed by atoms with Gasteiger partial charge in [0.15, 0.2) is 0 Å². The molecule has 0 aromatic rings. The average molecular weight is 352 g/mol. The highest BCUT2D eigenvalue weighted by Crippen LogP contribution is 2.37. The first kappa shape index (κ1) is 20.1. The zero-order valence-corrected chi connectivity index (χ0v) is 15.6. The molecule has 0 amide bonds. The van der Waals surface area contributed by atoms with Crippen LogP contribution in [-0.2, 0) is 9.53 Å². The van der Waals surface area contributed by atoms with Gasteiger partial charge in [-0.25, -0.2) is 4.79 Å². The van der Waals surface area contributed by atoms with Gasteiger partial charge in [0.1, 0.15) is 6.10 Å². The Labute approximate surface area is 150 Å². The molecular weight excluding hydrogens is 320 g/mol. The first-order chi connectivity index (χ1) is 11.6. The Kier molecular flexibility index (Phi) is 6.46. The lowest BCUT2D eigenvalue weighted by Gasteiger charge is -2.33. The molecule has 0 aromatic carbocycles. The molecule has 2 aliphatic rings. The molecule has 3 N–H and O–H groups in total. The summed E-state index contributed by atoms with van der Waals surface area (Å²) in [5.41, 5.74) is 0.255. The summed E-state index contributed by atoms with van der Waals surface area (Å²) in [6.45, 7) is 9.42. The molecular formula is C20H32O5. The number of hydrogen-bond donors (Lipinski definition) is 3. The molecule has 0 unspecified atom stereocenters. The molecule has 1 heterocycles. The molecule has 1 aliphatic heterocycles. The second-order valence-corrected chi connectivity index (χ2v) is 8.06. The summed E-state index contributed by atoms with van der Waals surface area (Å²) in [4.78, 5) is 12.0. The fourth-order valence-corrected chi connectivity index (χ4v) is 3.79. The van der Waals surface area contributed by atoms with Crippen LogP contribution in [0.15, 0.2) is 23.8 Å². The molecule has 2 rings (SSSR count). The third-order valence-corrected chi connectivity index (χ3v) is 5.84. The van der Waals surface area contributed by atoms with E-state index in [1.54, 1.807) is 6.92 Å². The van der Waals surface area contributed by atoms with Crippen LogP contribution in [0.1, 0.15) is 59.3 Å². The first-order valence-corrected chi connectivity index (χ1v) is 9.27. The number of rotatable bonds is 0. The van der Waals surface area contributed by atoms with Gasteiger partial charge in [0.25, 0.3) is 0 Å². The largest absolute Gasteiger partial charge is 0.456 e. The van der Waals surface area contributed by atoms with E-state index in [2.05, 4.69) is 19.6 Å². The Balaban J connectivity index is 2.26. The summed E-state index contributed by atoms with van der Waals surface area (Å²) in [5, 5.41) is 31.9. The molecule has 0 radical (unpaired) electrons. The minimum Gasteiger partial charge on any atom is -0.456 e. The molecule has 25 heavy (non-hydrogen) atoms. The Morgan fingerprint density at radius 2 is 2.04 bits per heavy atom. The zero-order valence-electron chi connectivity index (χ0n) is 15.6. The average Bonchev–Trinajstić information content (AvgIpc) is 2.81. The fraction of sp³-hybridized carbons (Fsp3) is 0.750. The van der Waals surface area contributed by atoms with Crippen LogP contribution in [0.2, 0.25) is 0 Å². The van der Waals surface area contributed by atoms with Crippen molar-refractivity contribution in [1.29, 1.82) is 0 Å². The maximum atomic E-state index is 12.0. The van der Waals surface area contributed by atoms with E-state index >= 15 is 0 Å². The maximum absolute atomic E-state index is 12.0. The van der Waals surface area contributed by atoms with Gasteiger partial charge in [0, 0.05) is 11.5 Å². The number of aliphatic hydroxyl groups is 3. The van der Waals surface area contributed by atoms with Crippen LogP contribution in [0.5, 0.6) is 0 Å². The van der Waals surface area contributed by atoms with Crippen molar-refractivity contribution in [2.24, 2.45) is 11.8 Å². The Hall–Kier alpha value is -1.17. The summed E-state index contributed by atoms with van der Waals surface area (Å²) in [7, 11) is 0. The van der Waals surface area contributed by atoms with Crippen molar-refractivity contribution in [3.63, 3.8) is 0 Å². The molecule has 1 saturated heterocycles. The minimum atomic E-state index is -1.27. The van der Waals surface area contributed by atoms with Gasteiger partial charge in [0.2, 0.25) is 0 Å². The highest BCUT2D eigenvalue weighted by atomic mass is 16.6.